The van der Waals surface area contributed by atoms with Crippen molar-refractivity contribution in [2.45, 2.75) is 0 Å². The van der Waals surface area contributed by atoms with E-state index in [9.17, 15) is 9.00 Å². The average Bonchev–Trinajstić information content (AvgIpc) is 2.05. The fourth-order valence-corrected chi connectivity index (χ4v) is 1.33. The largest absolute Gasteiger partial charge is 0.293 e. The first kappa shape index (κ1) is 9.06. The summed E-state index contributed by atoms with van der Waals surface area (Å²) in [4.78, 5) is 15.0. The first-order chi connectivity index (χ1) is 5.70. The topological polar surface area (TPSA) is 47.0 Å². The number of nitrogens with zero attached hydrogens (tertiary/aromatic N) is 1. The first-order valence-corrected chi connectivity index (χ1v) is 5.16. The van der Waals surface area contributed by atoms with Crippen LogP contribution in [0, 0.1) is 0 Å². The third-order valence-electron chi connectivity index (χ3n) is 1.32. The van der Waals surface area contributed by atoms with Crippen molar-refractivity contribution in [3.05, 3.63) is 30.1 Å². The quantitative estimate of drug-likeness (QED) is 0.646. The number of hydrogen-bond donors (Lipinski definition) is 0. The highest BCUT2D eigenvalue weighted by molar-refractivity contribution is 7.85. The molecule has 1 rings (SSSR count). The molecule has 0 amide bonds. The van der Waals surface area contributed by atoms with Crippen LogP contribution < -0.4 is 0 Å². The lowest BCUT2D eigenvalue weighted by molar-refractivity contribution is 0.102. The van der Waals surface area contributed by atoms with Gasteiger partial charge in [0.05, 0.1) is 5.75 Å². The molecule has 1 heterocycles. The maximum atomic E-state index is 11.2. The second-order valence-electron chi connectivity index (χ2n) is 2.38. The van der Waals surface area contributed by atoms with Gasteiger partial charge in [-0.2, -0.15) is 0 Å². The van der Waals surface area contributed by atoms with Crippen molar-refractivity contribution in [2.75, 3.05) is 12.0 Å². The second kappa shape index (κ2) is 4.11. The molecule has 1 unspecified atom stereocenters. The van der Waals surface area contributed by atoms with Gasteiger partial charge in [-0.15, -0.1) is 0 Å². The Morgan fingerprint density at radius 2 is 2.42 bits per heavy atom. The van der Waals surface area contributed by atoms with E-state index in [4.69, 9.17) is 0 Å². The Morgan fingerprint density at radius 3 is 2.92 bits per heavy atom. The van der Waals surface area contributed by atoms with Crippen molar-refractivity contribution in [1.82, 2.24) is 4.98 Å². The number of hydrogen-bond acceptors (Lipinski definition) is 3. The van der Waals surface area contributed by atoms with Crippen LogP contribution in [0.15, 0.2) is 24.5 Å². The van der Waals surface area contributed by atoms with Crippen molar-refractivity contribution >= 4 is 16.6 Å². The second-order valence-corrected chi connectivity index (χ2v) is 3.82. The van der Waals surface area contributed by atoms with E-state index in [1.807, 2.05) is 0 Å². The van der Waals surface area contributed by atoms with E-state index in [1.165, 1.54) is 12.5 Å². The molecule has 0 fully saturated rings. The van der Waals surface area contributed by atoms with E-state index in [1.54, 1.807) is 18.3 Å². The fourth-order valence-electron chi connectivity index (χ4n) is 0.796. The van der Waals surface area contributed by atoms with Gasteiger partial charge in [0.2, 0.25) is 0 Å². The molecule has 0 spiro atoms. The summed E-state index contributed by atoms with van der Waals surface area (Å²) < 4.78 is 10.7. The van der Waals surface area contributed by atoms with Gasteiger partial charge >= 0.3 is 0 Å². The molecule has 64 valence electrons. The highest BCUT2D eigenvalue weighted by Crippen LogP contribution is 1.97. The SMILES string of the molecule is CS(=O)CC(=O)c1cccnc1. The van der Waals surface area contributed by atoms with Gasteiger partial charge in [-0.3, -0.25) is 14.0 Å². The van der Waals surface area contributed by atoms with Crippen LogP contribution in [0.5, 0.6) is 0 Å². The molecule has 0 saturated carbocycles. The van der Waals surface area contributed by atoms with Crippen LogP contribution >= 0.6 is 0 Å². The summed E-state index contributed by atoms with van der Waals surface area (Å²) >= 11 is 0. The van der Waals surface area contributed by atoms with Crippen LogP contribution in [0.25, 0.3) is 0 Å². The molecular formula is C8H9NO2S. The van der Waals surface area contributed by atoms with Gasteiger partial charge in [0.25, 0.3) is 0 Å². The predicted octanol–water partition coefficient (Wildman–Crippen LogP) is 0.643. The Kier molecular flexibility index (Phi) is 3.10. The number of pyridine rings is 1. The molecule has 0 aliphatic heterocycles. The van der Waals surface area contributed by atoms with Crippen LogP contribution in [-0.2, 0) is 10.8 Å². The van der Waals surface area contributed by atoms with Gasteiger partial charge in [-0.1, -0.05) is 0 Å². The number of Topliss-reactive ketones (excluding diaryl/α,β-unsaturated/α-hetero) is 1. The zero-order valence-electron chi connectivity index (χ0n) is 6.69. The molecule has 12 heavy (non-hydrogen) atoms. The Morgan fingerprint density at radius 1 is 1.67 bits per heavy atom. The van der Waals surface area contributed by atoms with Crippen LogP contribution in [0.2, 0.25) is 0 Å². The van der Waals surface area contributed by atoms with Crippen molar-refractivity contribution in [3.8, 4) is 0 Å². The standard InChI is InChI=1S/C8H9NO2S/c1-12(11)6-8(10)7-3-2-4-9-5-7/h2-5H,6H2,1H3. The summed E-state index contributed by atoms with van der Waals surface area (Å²) in [7, 11) is -1.07. The monoisotopic (exact) mass is 183 g/mol. The van der Waals surface area contributed by atoms with Crippen LogP contribution in [0.4, 0.5) is 0 Å². The number of aromatic nitrogens is 1. The number of ketones is 1. The molecule has 0 aromatic carbocycles. The normalized spacial score (nSPS) is 12.4. The summed E-state index contributed by atoms with van der Waals surface area (Å²) in [5.74, 6) is -0.0463. The molecule has 0 N–H and O–H groups in total. The minimum atomic E-state index is -1.07. The van der Waals surface area contributed by atoms with Crippen molar-refractivity contribution < 1.29 is 9.00 Å². The molecule has 0 saturated heterocycles. The van der Waals surface area contributed by atoms with E-state index in [0.29, 0.717) is 5.56 Å². The minimum Gasteiger partial charge on any atom is -0.293 e. The molecular weight excluding hydrogens is 174 g/mol. The third kappa shape index (κ3) is 2.54. The Labute approximate surface area is 73.3 Å². The molecule has 4 heteroatoms. The van der Waals surface area contributed by atoms with Gasteiger partial charge in [-0.25, -0.2) is 0 Å². The van der Waals surface area contributed by atoms with Gasteiger partial charge in [-0.05, 0) is 12.1 Å². The average molecular weight is 183 g/mol. The number of rotatable bonds is 3. The summed E-state index contributed by atoms with van der Waals surface area (Å²) in [6.07, 6.45) is 4.59. The highest BCUT2D eigenvalue weighted by atomic mass is 32.2. The highest BCUT2D eigenvalue weighted by Gasteiger charge is 2.06. The Hall–Kier alpha value is -1.03. The van der Waals surface area contributed by atoms with Crippen molar-refractivity contribution in [2.24, 2.45) is 0 Å². The van der Waals surface area contributed by atoms with E-state index < -0.39 is 10.8 Å². The van der Waals surface area contributed by atoms with Crippen LogP contribution in [0.3, 0.4) is 0 Å². The fraction of sp³-hybridized carbons (Fsp3) is 0.250. The maximum absolute atomic E-state index is 11.2. The third-order valence-corrected chi connectivity index (χ3v) is 1.99. The summed E-state index contributed by atoms with van der Waals surface area (Å²) in [5, 5.41) is 0. The van der Waals surface area contributed by atoms with Gasteiger partial charge in [0, 0.05) is 35.0 Å². The lowest BCUT2D eigenvalue weighted by Gasteiger charge is -1.95. The molecule has 0 aliphatic rings. The first-order valence-electron chi connectivity index (χ1n) is 3.43. The smallest absolute Gasteiger partial charge is 0.176 e. The van der Waals surface area contributed by atoms with Gasteiger partial charge in [0.15, 0.2) is 5.78 Å². The van der Waals surface area contributed by atoms with Gasteiger partial charge in [0.1, 0.15) is 0 Å². The zero-order valence-corrected chi connectivity index (χ0v) is 7.50. The molecule has 1 aromatic rings. The van der Waals surface area contributed by atoms with Crippen LogP contribution in [0.1, 0.15) is 10.4 Å². The zero-order chi connectivity index (χ0) is 8.97. The lowest BCUT2D eigenvalue weighted by atomic mass is 10.2. The molecule has 0 aliphatic carbocycles. The summed E-state index contributed by atoms with van der Waals surface area (Å²) in [6, 6.07) is 3.36. The van der Waals surface area contributed by atoms with E-state index in [2.05, 4.69) is 4.98 Å². The number of carbonyl (C=O) groups excluding carboxylic acids is 1. The molecule has 1 atom stereocenters. The molecule has 0 radical (unpaired) electrons. The van der Waals surface area contributed by atoms with Crippen molar-refractivity contribution in [3.63, 3.8) is 0 Å². The van der Waals surface area contributed by atoms with E-state index in [-0.39, 0.29) is 11.5 Å². The lowest BCUT2D eigenvalue weighted by Crippen LogP contribution is -2.09. The molecule has 3 nitrogen and oxygen atoms in total. The minimum absolute atomic E-state index is 0.0751. The predicted molar refractivity (Wildman–Crippen MR) is 47.5 cm³/mol. The number of carbonyl (C=O) groups is 1. The summed E-state index contributed by atoms with van der Waals surface area (Å²) in [5.41, 5.74) is 0.521. The van der Waals surface area contributed by atoms with Crippen LogP contribution in [-0.4, -0.2) is 27.0 Å². The Balaban J connectivity index is 2.73. The molecule has 1 aromatic heterocycles. The van der Waals surface area contributed by atoms with Gasteiger partial charge < -0.3 is 0 Å². The Bertz CT molecular complexity index is 297. The molecule has 0 bridgehead atoms. The van der Waals surface area contributed by atoms with Crippen molar-refractivity contribution in [1.29, 1.82) is 0 Å². The van der Waals surface area contributed by atoms with E-state index in [0.717, 1.165) is 0 Å². The summed E-state index contributed by atoms with van der Waals surface area (Å²) in [6.45, 7) is 0. The van der Waals surface area contributed by atoms with E-state index >= 15 is 0 Å². The maximum Gasteiger partial charge on any atom is 0.176 e.